The predicted octanol–water partition coefficient (Wildman–Crippen LogP) is 4.63. The highest BCUT2D eigenvalue weighted by Gasteiger charge is 2.01. The van der Waals surface area contributed by atoms with Crippen LogP contribution in [0.15, 0.2) is 52.5 Å². The summed E-state index contributed by atoms with van der Waals surface area (Å²) >= 11 is 7.60. The number of benzene rings is 1. The number of rotatable bonds is 6. The van der Waals surface area contributed by atoms with Crippen molar-refractivity contribution in [1.29, 1.82) is 0 Å². The maximum Gasteiger partial charge on any atom is 0.101 e. The van der Waals surface area contributed by atoms with E-state index in [4.69, 9.17) is 11.6 Å². The third kappa shape index (κ3) is 5.16. The van der Waals surface area contributed by atoms with Crippen LogP contribution >= 0.6 is 23.4 Å². The second-order valence-corrected chi connectivity index (χ2v) is 6.62. The minimum Gasteiger partial charge on any atom is -0.312 e. The lowest BCUT2D eigenvalue weighted by Crippen LogP contribution is -2.18. The van der Waals surface area contributed by atoms with Crippen LogP contribution < -0.4 is 5.32 Å². The van der Waals surface area contributed by atoms with E-state index in [-0.39, 0.29) is 0 Å². The lowest BCUT2D eigenvalue weighted by Gasteiger charge is -2.07. The zero-order chi connectivity index (χ0) is 14.4. The highest BCUT2D eigenvalue weighted by Crippen LogP contribution is 2.27. The smallest absolute Gasteiger partial charge is 0.101 e. The Morgan fingerprint density at radius 2 is 2.10 bits per heavy atom. The Morgan fingerprint density at radius 1 is 1.25 bits per heavy atom. The Morgan fingerprint density at radius 3 is 2.75 bits per heavy atom. The standard InChI is InChI=1S/C16H19ClN2S/c1-12(2)9-18-10-13-6-7-16(19-11-13)20-15-5-3-4-14(17)8-15/h3-8,11-12,18H,9-10H2,1-2H3. The molecule has 106 valence electrons. The molecule has 4 heteroatoms. The minimum absolute atomic E-state index is 0.667. The van der Waals surface area contributed by atoms with Crippen molar-refractivity contribution in [3.05, 3.63) is 53.2 Å². The number of aromatic nitrogens is 1. The van der Waals surface area contributed by atoms with Gasteiger partial charge in [-0.1, -0.05) is 49.3 Å². The van der Waals surface area contributed by atoms with E-state index in [0.29, 0.717) is 5.92 Å². The zero-order valence-corrected chi connectivity index (χ0v) is 13.3. The molecule has 1 aromatic heterocycles. The lowest BCUT2D eigenvalue weighted by atomic mass is 10.2. The topological polar surface area (TPSA) is 24.9 Å². The molecule has 0 radical (unpaired) electrons. The number of halogens is 1. The summed E-state index contributed by atoms with van der Waals surface area (Å²) in [6.45, 7) is 6.30. The fourth-order valence-electron chi connectivity index (χ4n) is 1.73. The molecule has 0 saturated carbocycles. The van der Waals surface area contributed by atoms with E-state index >= 15 is 0 Å². The van der Waals surface area contributed by atoms with Crippen LogP contribution in [-0.2, 0) is 6.54 Å². The summed E-state index contributed by atoms with van der Waals surface area (Å²) in [7, 11) is 0. The molecule has 0 saturated heterocycles. The van der Waals surface area contributed by atoms with E-state index in [1.807, 2.05) is 30.5 Å². The van der Waals surface area contributed by atoms with Crippen LogP contribution in [0.4, 0.5) is 0 Å². The maximum absolute atomic E-state index is 5.98. The quantitative estimate of drug-likeness (QED) is 0.842. The summed E-state index contributed by atoms with van der Waals surface area (Å²) < 4.78 is 0. The Labute approximate surface area is 130 Å². The molecule has 0 spiro atoms. The van der Waals surface area contributed by atoms with Crippen molar-refractivity contribution in [2.45, 2.75) is 30.3 Å². The first-order chi connectivity index (χ1) is 9.63. The summed E-state index contributed by atoms with van der Waals surface area (Å²) in [6.07, 6.45) is 1.93. The van der Waals surface area contributed by atoms with Gasteiger partial charge in [-0.15, -0.1) is 0 Å². The Balaban J connectivity index is 1.91. The van der Waals surface area contributed by atoms with Crippen LogP contribution in [0, 0.1) is 5.92 Å². The third-order valence-electron chi connectivity index (χ3n) is 2.70. The molecule has 0 unspecified atom stereocenters. The van der Waals surface area contributed by atoms with Crippen LogP contribution in [0.1, 0.15) is 19.4 Å². The number of pyridine rings is 1. The van der Waals surface area contributed by atoms with Gasteiger partial charge in [-0.2, -0.15) is 0 Å². The van der Waals surface area contributed by atoms with Gasteiger partial charge in [-0.25, -0.2) is 4.98 Å². The molecule has 0 atom stereocenters. The van der Waals surface area contributed by atoms with Crippen molar-refractivity contribution < 1.29 is 0 Å². The molecular weight excluding hydrogens is 288 g/mol. The normalized spacial score (nSPS) is 11.0. The monoisotopic (exact) mass is 306 g/mol. The van der Waals surface area contributed by atoms with Gasteiger partial charge in [-0.3, -0.25) is 0 Å². The maximum atomic E-state index is 5.98. The highest BCUT2D eigenvalue weighted by molar-refractivity contribution is 7.99. The van der Waals surface area contributed by atoms with Crippen molar-refractivity contribution in [3.63, 3.8) is 0 Å². The largest absolute Gasteiger partial charge is 0.312 e. The zero-order valence-electron chi connectivity index (χ0n) is 11.8. The number of nitrogens with zero attached hydrogens (tertiary/aromatic N) is 1. The molecule has 0 aliphatic carbocycles. The average Bonchev–Trinajstić information content (AvgIpc) is 2.40. The van der Waals surface area contributed by atoms with Gasteiger partial charge in [0.1, 0.15) is 5.03 Å². The van der Waals surface area contributed by atoms with Gasteiger partial charge in [0.15, 0.2) is 0 Å². The molecule has 0 bridgehead atoms. The van der Waals surface area contributed by atoms with Crippen molar-refractivity contribution >= 4 is 23.4 Å². The van der Waals surface area contributed by atoms with Gasteiger partial charge in [-0.05, 0) is 42.3 Å². The fraction of sp³-hybridized carbons (Fsp3) is 0.312. The first-order valence-corrected chi connectivity index (χ1v) is 7.92. The molecule has 20 heavy (non-hydrogen) atoms. The van der Waals surface area contributed by atoms with E-state index in [2.05, 4.69) is 36.3 Å². The van der Waals surface area contributed by atoms with Gasteiger partial charge in [0, 0.05) is 22.7 Å². The van der Waals surface area contributed by atoms with Crippen LogP contribution in [-0.4, -0.2) is 11.5 Å². The predicted molar refractivity (Wildman–Crippen MR) is 86.4 cm³/mol. The fourth-order valence-corrected chi connectivity index (χ4v) is 2.80. The van der Waals surface area contributed by atoms with Crippen molar-refractivity contribution in [3.8, 4) is 0 Å². The Hall–Kier alpha value is -1.03. The minimum atomic E-state index is 0.667. The van der Waals surface area contributed by atoms with E-state index in [9.17, 15) is 0 Å². The Kier molecular flexibility index (Phi) is 5.89. The highest BCUT2D eigenvalue weighted by atomic mass is 35.5. The first-order valence-electron chi connectivity index (χ1n) is 6.72. The Bertz CT molecular complexity index is 540. The molecule has 1 aromatic carbocycles. The summed E-state index contributed by atoms with van der Waals surface area (Å²) in [4.78, 5) is 5.59. The molecule has 0 amide bonds. The van der Waals surface area contributed by atoms with Crippen molar-refractivity contribution in [1.82, 2.24) is 10.3 Å². The van der Waals surface area contributed by atoms with E-state index in [1.54, 1.807) is 11.8 Å². The van der Waals surface area contributed by atoms with E-state index in [0.717, 1.165) is 28.0 Å². The van der Waals surface area contributed by atoms with Gasteiger partial charge >= 0.3 is 0 Å². The van der Waals surface area contributed by atoms with Crippen LogP contribution in [0.25, 0.3) is 0 Å². The van der Waals surface area contributed by atoms with Crippen LogP contribution in [0.2, 0.25) is 5.02 Å². The van der Waals surface area contributed by atoms with Crippen molar-refractivity contribution in [2.24, 2.45) is 5.92 Å². The average molecular weight is 307 g/mol. The summed E-state index contributed by atoms with van der Waals surface area (Å²) in [5, 5.41) is 5.15. The molecule has 2 aromatic rings. The molecule has 2 rings (SSSR count). The lowest BCUT2D eigenvalue weighted by molar-refractivity contribution is 0.551. The molecule has 1 N–H and O–H groups in total. The van der Waals surface area contributed by atoms with Gasteiger partial charge < -0.3 is 5.32 Å². The number of hydrogen-bond acceptors (Lipinski definition) is 3. The van der Waals surface area contributed by atoms with Gasteiger partial charge in [0.25, 0.3) is 0 Å². The second kappa shape index (κ2) is 7.67. The van der Waals surface area contributed by atoms with Crippen LogP contribution in [0.5, 0.6) is 0 Å². The molecular formula is C16H19ClN2S. The molecule has 0 aliphatic rings. The number of nitrogens with one attached hydrogen (secondary N) is 1. The summed E-state index contributed by atoms with van der Waals surface area (Å²) in [6, 6.07) is 12.0. The first kappa shape index (κ1) is 15.4. The third-order valence-corrected chi connectivity index (χ3v) is 3.87. The number of hydrogen-bond donors (Lipinski definition) is 1. The van der Waals surface area contributed by atoms with Crippen molar-refractivity contribution in [2.75, 3.05) is 6.54 Å². The molecule has 0 aliphatic heterocycles. The summed E-state index contributed by atoms with van der Waals surface area (Å²) in [5.74, 6) is 0.667. The van der Waals surface area contributed by atoms with Gasteiger partial charge in [0.05, 0.1) is 0 Å². The molecule has 1 heterocycles. The molecule has 0 fully saturated rings. The van der Waals surface area contributed by atoms with E-state index < -0.39 is 0 Å². The van der Waals surface area contributed by atoms with Crippen LogP contribution in [0.3, 0.4) is 0 Å². The molecule has 2 nitrogen and oxygen atoms in total. The van der Waals surface area contributed by atoms with E-state index in [1.165, 1.54) is 5.56 Å². The summed E-state index contributed by atoms with van der Waals surface area (Å²) in [5.41, 5.74) is 1.21. The van der Waals surface area contributed by atoms with Gasteiger partial charge in [0.2, 0.25) is 0 Å². The SMILES string of the molecule is CC(C)CNCc1ccc(Sc2cccc(Cl)c2)nc1. The second-order valence-electron chi connectivity index (χ2n) is 5.09.